The lowest BCUT2D eigenvalue weighted by atomic mass is 10.00. The molecule has 2 aromatic carbocycles. The van der Waals surface area contributed by atoms with Gasteiger partial charge in [0.2, 0.25) is 0 Å². The summed E-state index contributed by atoms with van der Waals surface area (Å²) in [6.45, 7) is 4.39. The maximum absolute atomic E-state index is 15.0. The maximum Gasteiger partial charge on any atom is 0.153 e. The van der Waals surface area contributed by atoms with Crippen LogP contribution in [0.5, 0.6) is 5.75 Å². The Morgan fingerprint density at radius 3 is 2.72 bits per heavy atom. The molecule has 0 bridgehead atoms. The molecule has 2 heterocycles. The van der Waals surface area contributed by atoms with Crippen molar-refractivity contribution in [1.29, 1.82) is 0 Å². The monoisotopic (exact) mass is 390 g/mol. The van der Waals surface area contributed by atoms with Gasteiger partial charge in [-0.2, -0.15) is 0 Å². The number of fused-ring (bicyclic) bond motifs is 1. The molecular formula is C24H23FN2O2. The van der Waals surface area contributed by atoms with Crippen molar-refractivity contribution < 1.29 is 13.5 Å². The Labute approximate surface area is 169 Å². The largest absolute Gasteiger partial charge is 0.489 e. The fourth-order valence-corrected chi connectivity index (χ4v) is 3.56. The molecule has 0 aliphatic rings. The molecule has 4 aromatic rings. The van der Waals surface area contributed by atoms with Crippen LogP contribution in [0.15, 0.2) is 59.1 Å². The van der Waals surface area contributed by atoms with Crippen molar-refractivity contribution in [3.8, 4) is 16.9 Å². The molecule has 0 spiro atoms. The van der Waals surface area contributed by atoms with Gasteiger partial charge in [0.05, 0.1) is 5.69 Å². The summed E-state index contributed by atoms with van der Waals surface area (Å²) in [6.07, 6.45) is 2.47. The third-order valence-electron chi connectivity index (χ3n) is 4.99. The number of hydrogen-bond acceptors (Lipinski definition) is 4. The number of para-hydroxylation sites is 1. The molecule has 0 radical (unpaired) electrons. The van der Waals surface area contributed by atoms with Gasteiger partial charge >= 0.3 is 0 Å². The molecule has 0 saturated heterocycles. The first-order chi connectivity index (χ1) is 14.1. The van der Waals surface area contributed by atoms with E-state index in [0.29, 0.717) is 23.3 Å². The van der Waals surface area contributed by atoms with Gasteiger partial charge in [-0.15, -0.1) is 0 Å². The van der Waals surface area contributed by atoms with Crippen molar-refractivity contribution in [1.82, 2.24) is 4.98 Å². The van der Waals surface area contributed by atoms with Gasteiger partial charge in [0.15, 0.2) is 5.82 Å². The molecule has 0 saturated carbocycles. The van der Waals surface area contributed by atoms with E-state index in [4.69, 9.17) is 14.9 Å². The highest BCUT2D eigenvalue weighted by Gasteiger charge is 2.17. The number of aromatic nitrogens is 1. The van der Waals surface area contributed by atoms with Gasteiger partial charge in [0.25, 0.3) is 0 Å². The Morgan fingerprint density at radius 2 is 1.93 bits per heavy atom. The molecule has 4 rings (SSSR count). The Morgan fingerprint density at radius 1 is 1.10 bits per heavy atom. The molecule has 2 aromatic heterocycles. The second-order valence-corrected chi connectivity index (χ2v) is 6.99. The van der Waals surface area contributed by atoms with E-state index in [2.05, 4.69) is 18.0 Å². The van der Waals surface area contributed by atoms with Gasteiger partial charge < -0.3 is 14.9 Å². The summed E-state index contributed by atoms with van der Waals surface area (Å²) in [6, 6.07) is 15.5. The standard InChI is InChI=1S/C24H23FN2O2/c1-3-17-6-4-5-7-22(17)28-14-16-11-18-10-15(2)29-24(18)20(12-16)19-8-9-27-21(13-26)23(19)25/h4-12H,3,13-14,26H2,1-2H3. The number of pyridine rings is 1. The van der Waals surface area contributed by atoms with E-state index < -0.39 is 5.82 Å². The number of ether oxygens (including phenoxy) is 1. The molecule has 0 amide bonds. The minimum atomic E-state index is -0.417. The highest BCUT2D eigenvalue weighted by Crippen LogP contribution is 2.34. The van der Waals surface area contributed by atoms with Crippen molar-refractivity contribution in [3.63, 3.8) is 0 Å². The second-order valence-electron chi connectivity index (χ2n) is 6.99. The SMILES string of the molecule is CCc1ccccc1OCc1cc(-c2ccnc(CN)c2F)c2oc(C)cc2c1. The quantitative estimate of drug-likeness (QED) is 0.469. The van der Waals surface area contributed by atoms with Gasteiger partial charge in [-0.25, -0.2) is 4.39 Å². The lowest BCUT2D eigenvalue weighted by Crippen LogP contribution is -2.04. The van der Waals surface area contributed by atoms with Crippen molar-refractivity contribution in [3.05, 3.63) is 83.1 Å². The van der Waals surface area contributed by atoms with Gasteiger partial charge in [0.1, 0.15) is 23.7 Å². The molecule has 0 aliphatic heterocycles. The molecule has 2 N–H and O–H groups in total. The summed E-state index contributed by atoms with van der Waals surface area (Å²) in [5, 5.41) is 0.910. The fourth-order valence-electron chi connectivity index (χ4n) is 3.56. The Balaban J connectivity index is 1.77. The van der Waals surface area contributed by atoms with Crippen LogP contribution in [-0.2, 0) is 19.6 Å². The summed E-state index contributed by atoms with van der Waals surface area (Å²) in [5.74, 6) is 1.21. The van der Waals surface area contributed by atoms with Crippen LogP contribution < -0.4 is 10.5 Å². The minimum absolute atomic E-state index is 0.0383. The van der Waals surface area contributed by atoms with E-state index >= 15 is 0 Å². The van der Waals surface area contributed by atoms with Crippen molar-refractivity contribution in [2.75, 3.05) is 0 Å². The summed E-state index contributed by atoms with van der Waals surface area (Å²) in [4.78, 5) is 4.03. The van der Waals surface area contributed by atoms with Crippen LogP contribution in [0.4, 0.5) is 4.39 Å². The van der Waals surface area contributed by atoms with E-state index in [1.807, 2.05) is 43.3 Å². The number of halogens is 1. The predicted octanol–water partition coefficient (Wildman–Crippen LogP) is 5.54. The number of benzene rings is 2. The predicted molar refractivity (Wildman–Crippen MR) is 112 cm³/mol. The third kappa shape index (κ3) is 3.74. The topological polar surface area (TPSA) is 61.3 Å². The number of nitrogens with two attached hydrogens (primary N) is 1. The van der Waals surface area contributed by atoms with Crippen LogP contribution in [0.25, 0.3) is 22.1 Å². The summed E-state index contributed by atoms with van der Waals surface area (Å²) >= 11 is 0. The molecule has 0 atom stereocenters. The molecule has 0 unspecified atom stereocenters. The van der Waals surface area contributed by atoms with E-state index in [0.717, 1.165) is 34.4 Å². The Bertz CT molecular complexity index is 1170. The number of furan rings is 1. The van der Waals surface area contributed by atoms with Crippen LogP contribution in [0, 0.1) is 12.7 Å². The molecule has 148 valence electrons. The molecule has 29 heavy (non-hydrogen) atoms. The van der Waals surface area contributed by atoms with Crippen LogP contribution in [0.3, 0.4) is 0 Å². The third-order valence-corrected chi connectivity index (χ3v) is 4.99. The lowest BCUT2D eigenvalue weighted by Gasteiger charge is -2.12. The van der Waals surface area contributed by atoms with Crippen molar-refractivity contribution >= 4 is 11.0 Å². The highest BCUT2D eigenvalue weighted by molar-refractivity contribution is 5.93. The molecule has 0 fully saturated rings. The molecular weight excluding hydrogens is 367 g/mol. The van der Waals surface area contributed by atoms with Crippen molar-refractivity contribution in [2.45, 2.75) is 33.4 Å². The number of hydrogen-bond donors (Lipinski definition) is 1. The zero-order chi connectivity index (χ0) is 20.4. The molecule has 0 aliphatic carbocycles. The average Bonchev–Trinajstić information content (AvgIpc) is 3.12. The van der Waals surface area contributed by atoms with Crippen LogP contribution in [0.2, 0.25) is 0 Å². The minimum Gasteiger partial charge on any atom is -0.489 e. The number of rotatable bonds is 6. The summed E-state index contributed by atoms with van der Waals surface area (Å²) < 4.78 is 26.9. The van der Waals surface area contributed by atoms with E-state index in [-0.39, 0.29) is 12.2 Å². The van der Waals surface area contributed by atoms with Gasteiger partial charge in [0, 0.05) is 29.3 Å². The van der Waals surface area contributed by atoms with Gasteiger partial charge in [-0.1, -0.05) is 25.1 Å². The Hall–Kier alpha value is -3.18. The first kappa shape index (κ1) is 19.2. The van der Waals surface area contributed by atoms with Crippen LogP contribution in [0.1, 0.15) is 29.5 Å². The average molecular weight is 390 g/mol. The maximum atomic E-state index is 15.0. The van der Waals surface area contributed by atoms with Gasteiger partial charge in [-0.3, -0.25) is 4.98 Å². The smallest absolute Gasteiger partial charge is 0.153 e. The zero-order valence-corrected chi connectivity index (χ0v) is 16.5. The van der Waals surface area contributed by atoms with Crippen molar-refractivity contribution in [2.24, 2.45) is 5.73 Å². The molecule has 4 nitrogen and oxygen atoms in total. The van der Waals surface area contributed by atoms with Crippen LogP contribution >= 0.6 is 0 Å². The molecule has 5 heteroatoms. The fraction of sp³-hybridized carbons (Fsp3) is 0.208. The normalized spacial score (nSPS) is 11.2. The Kier molecular flexibility index (Phi) is 5.32. The van der Waals surface area contributed by atoms with Gasteiger partial charge in [-0.05, 0) is 54.8 Å². The first-order valence-corrected chi connectivity index (χ1v) is 9.68. The van der Waals surface area contributed by atoms with E-state index in [1.165, 1.54) is 0 Å². The zero-order valence-electron chi connectivity index (χ0n) is 16.5. The second kappa shape index (κ2) is 8.05. The lowest BCUT2D eigenvalue weighted by molar-refractivity contribution is 0.303. The highest BCUT2D eigenvalue weighted by atomic mass is 19.1. The van der Waals surface area contributed by atoms with E-state index in [9.17, 15) is 4.39 Å². The van der Waals surface area contributed by atoms with Crippen LogP contribution in [-0.4, -0.2) is 4.98 Å². The number of aryl methyl sites for hydroxylation is 2. The summed E-state index contributed by atoms with van der Waals surface area (Å²) in [5.41, 5.74) is 9.71. The van der Waals surface area contributed by atoms with E-state index in [1.54, 1.807) is 12.3 Å². The first-order valence-electron chi connectivity index (χ1n) is 9.68. The number of nitrogens with zero attached hydrogens (tertiary/aromatic N) is 1. The summed E-state index contributed by atoms with van der Waals surface area (Å²) in [7, 11) is 0.